The van der Waals surface area contributed by atoms with Gasteiger partial charge in [0.1, 0.15) is 43.2 Å². The minimum Gasteiger partial charge on any atom is -0.462 e. The molecule has 1 saturated heterocycles. The van der Waals surface area contributed by atoms with Crippen LogP contribution in [0.4, 0.5) is 0 Å². The maximum absolute atomic E-state index is 13.0. The van der Waals surface area contributed by atoms with Gasteiger partial charge in [-0.3, -0.25) is 23.2 Å². The Labute approximate surface area is 392 Å². The molecule has 7 N–H and O–H groups in total. The topological polar surface area (TPSA) is 269 Å². The molecule has 1 heterocycles. The summed E-state index contributed by atoms with van der Waals surface area (Å²) in [4.78, 5) is 54.3. The molecular formula is C47H82O17P2. The third-order valence-corrected chi connectivity index (χ3v) is 12.8. The van der Waals surface area contributed by atoms with Crippen LogP contribution in [0.5, 0.6) is 0 Å². The summed E-state index contributed by atoms with van der Waals surface area (Å²) in [5.74, 6) is -1.29. The SMILES string of the molecule is CCCCC/C=C\CC1OC1CCCCCCCC(=O)OC[C@H](COP(=O)(O)O[C@H]1C(O)C(O)C(O)[C@@H](OP(=O)(O)O)C1O)OC(=O)CCC/C=C\C/C=C\C/C=C\CCCCCCCC. The average molecular weight is 981 g/mol. The van der Waals surface area contributed by atoms with Gasteiger partial charge in [-0.1, -0.05) is 133 Å². The summed E-state index contributed by atoms with van der Waals surface area (Å²) in [5, 5.41) is 41.3. The number of ether oxygens (including phenoxy) is 3. The van der Waals surface area contributed by atoms with Crippen molar-refractivity contribution in [2.24, 2.45) is 0 Å². The summed E-state index contributed by atoms with van der Waals surface area (Å²) < 4.78 is 55.1. The first-order chi connectivity index (χ1) is 31.6. The van der Waals surface area contributed by atoms with Crippen LogP contribution in [-0.4, -0.2) is 115 Å². The van der Waals surface area contributed by atoms with Crippen molar-refractivity contribution in [2.75, 3.05) is 13.2 Å². The van der Waals surface area contributed by atoms with Gasteiger partial charge in [-0.2, -0.15) is 0 Å². The van der Waals surface area contributed by atoms with Crippen LogP contribution in [0.25, 0.3) is 0 Å². The van der Waals surface area contributed by atoms with Crippen molar-refractivity contribution in [3.63, 3.8) is 0 Å². The zero-order valence-electron chi connectivity index (χ0n) is 39.3. The number of carbonyl (C=O) groups excluding carboxylic acids is 2. The second-order valence-corrected chi connectivity index (χ2v) is 19.8. The monoisotopic (exact) mass is 981 g/mol. The average Bonchev–Trinajstić information content (AvgIpc) is 4.03. The van der Waals surface area contributed by atoms with Crippen LogP contribution in [0.2, 0.25) is 0 Å². The lowest BCUT2D eigenvalue weighted by atomic mass is 9.85. The number of aliphatic hydroxyl groups is 4. The Morgan fingerprint density at radius 2 is 1.08 bits per heavy atom. The first-order valence-corrected chi connectivity index (χ1v) is 27.3. The molecule has 2 fully saturated rings. The number of phosphoric ester groups is 2. The van der Waals surface area contributed by atoms with Gasteiger partial charge in [-0.15, -0.1) is 0 Å². The number of phosphoric acid groups is 2. The molecule has 0 radical (unpaired) electrons. The second-order valence-electron chi connectivity index (χ2n) is 17.2. The van der Waals surface area contributed by atoms with Crippen LogP contribution in [0.15, 0.2) is 48.6 Å². The molecular weight excluding hydrogens is 898 g/mol. The third kappa shape index (κ3) is 28.4. The predicted octanol–water partition coefficient (Wildman–Crippen LogP) is 8.27. The number of epoxide rings is 1. The van der Waals surface area contributed by atoms with Gasteiger partial charge < -0.3 is 49.3 Å². The molecule has 7 unspecified atom stereocenters. The lowest BCUT2D eigenvalue weighted by molar-refractivity contribution is -0.216. The van der Waals surface area contributed by atoms with E-state index >= 15 is 0 Å². The molecule has 2 aliphatic rings. The standard InChI is InChI=1S/C47H82O17P2/c1-3-5-7-9-11-12-13-14-15-16-17-18-19-20-21-25-30-34-41(49)61-37(36-60-66(57,58)64-47-44(52)42(50)43(51)46(45(47)53)63-65(54,55)56)35-59-40(48)33-29-26-22-24-28-32-39-38(62-39)31-27-23-10-8-6-4-2/h14-15,17-18,20-21,23,27,37-39,42-47,50-53H,3-13,16,19,22,24-26,28-36H2,1-2H3,(H,57,58)(H2,54,55,56)/b15-14-,18-17-,21-20-,27-23-/t37-,38?,39?,42?,43?,44?,45?,46-,47+/m1/s1. The van der Waals surface area contributed by atoms with E-state index in [1.807, 2.05) is 12.2 Å². The van der Waals surface area contributed by atoms with Gasteiger partial charge in [0.05, 0.1) is 18.8 Å². The molecule has 0 aromatic heterocycles. The molecule has 19 heteroatoms. The Balaban J connectivity index is 1.82. The van der Waals surface area contributed by atoms with Crippen molar-refractivity contribution in [3.8, 4) is 0 Å². The Morgan fingerprint density at radius 3 is 1.73 bits per heavy atom. The van der Waals surface area contributed by atoms with Gasteiger partial charge in [0.2, 0.25) is 0 Å². The highest BCUT2D eigenvalue weighted by molar-refractivity contribution is 7.47. The van der Waals surface area contributed by atoms with Gasteiger partial charge in [0.25, 0.3) is 0 Å². The number of rotatable bonds is 39. The molecule has 2 rings (SSSR count). The number of aliphatic hydroxyl groups excluding tert-OH is 4. The van der Waals surface area contributed by atoms with E-state index in [2.05, 4.69) is 54.8 Å². The van der Waals surface area contributed by atoms with Gasteiger partial charge in [-0.05, 0) is 70.6 Å². The molecule has 0 spiro atoms. The van der Waals surface area contributed by atoms with Gasteiger partial charge >= 0.3 is 27.6 Å². The van der Waals surface area contributed by atoms with E-state index in [0.29, 0.717) is 31.5 Å². The van der Waals surface area contributed by atoms with Gasteiger partial charge in [-0.25, -0.2) is 9.13 Å². The molecule has 382 valence electrons. The number of carbonyl (C=O) groups is 2. The first-order valence-electron chi connectivity index (χ1n) is 24.3. The fourth-order valence-electron chi connectivity index (χ4n) is 7.40. The van der Waals surface area contributed by atoms with Crippen molar-refractivity contribution in [2.45, 2.75) is 223 Å². The van der Waals surface area contributed by atoms with Crippen molar-refractivity contribution >= 4 is 27.6 Å². The highest BCUT2D eigenvalue weighted by Crippen LogP contribution is 2.49. The van der Waals surface area contributed by atoms with Crippen LogP contribution < -0.4 is 0 Å². The Bertz CT molecular complexity index is 1530. The number of esters is 2. The van der Waals surface area contributed by atoms with E-state index in [1.54, 1.807) is 0 Å². The molecule has 17 nitrogen and oxygen atoms in total. The van der Waals surface area contributed by atoms with Crippen molar-refractivity contribution in [3.05, 3.63) is 48.6 Å². The number of unbranched alkanes of at least 4 members (excludes halogenated alkanes) is 14. The van der Waals surface area contributed by atoms with Crippen LogP contribution in [0, 0.1) is 0 Å². The fourth-order valence-corrected chi connectivity index (χ4v) is 8.94. The van der Waals surface area contributed by atoms with Gasteiger partial charge in [0, 0.05) is 12.8 Å². The predicted molar refractivity (Wildman–Crippen MR) is 250 cm³/mol. The minimum absolute atomic E-state index is 0.0351. The zero-order valence-corrected chi connectivity index (χ0v) is 41.1. The van der Waals surface area contributed by atoms with E-state index < -0.39 is 83.5 Å². The Hall–Kier alpha value is -2.08. The summed E-state index contributed by atoms with van der Waals surface area (Å²) >= 11 is 0. The lowest BCUT2D eigenvalue weighted by Gasteiger charge is -2.43. The Kier molecular flexibility index (Phi) is 31.9. The van der Waals surface area contributed by atoms with Crippen LogP contribution in [-0.2, 0) is 46.5 Å². The van der Waals surface area contributed by atoms with Crippen LogP contribution >= 0.6 is 15.6 Å². The van der Waals surface area contributed by atoms with E-state index in [9.17, 15) is 53.8 Å². The highest BCUT2D eigenvalue weighted by Gasteiger charge is 2.54. The van der Waals surface area contributed by atoms with Crippen molar-refractivity contribution in [1.29, 1.82) is 0 Å². The fraction of sp³-hybridized carbons (Fsp3) is 0.787. The summed E-state index contributed by atoms with van der Waals surface area (Å²) in [6.07, 6.45) is 25.2. The van der Waals surface area contributed by atoms with Crippen molar-refractivity contribution < 1.29 is 81.6 Å². The van der Waals surface area contributed by atoms with Gasteiger partial charge in [0.15, 0.2) is 6.10 Å². The van der Waals surface area contributed by atoms with E-state index in [4.69, 9.17) is 23.3 Å². The summed E-state index contributed by atoms with van der Waals surface area (Å²) in [6.45, 7) is 3.01. The number of hydrogen-bond acceptors (Lipinski definition) is 14. The quantitative estimate of drug-likeness (QED) is 0.0100. The Morgan fingerprint density at radius 1 is 0.561 bits per heavy atom. The first kappa shape index (κ1) is 60.0. The highest BCUT2D eigenvalue weighted by atomic mass is 31.2. The van der Waals surface area contributed by atoms with Crippen molar-refractivity contribution in [1.82, 2.24) is 0 Å². The maximum Gasteiger partial charge on any atom is 0.472 e. The summed E-state index contributed by atoms with van der Waals surface area (Å²) in [7, 11) is -10.7. The summed E-state index contributed by atoms with van der Waals surface area (Å²) in [5.41, 5.74) is 0. The summed E-state index contributed by atoms with van der Waals surface area (Å²) in [6, 6.07) is 0. The van der Waals surface area contributed by atoms with E-state index in [0.717, 1.165) is 64.2 Å². The molecule has 0 aromatic carbocycles. The zero-order chi connectivity index (χ0) is 48.6. The number of allylic oxidation sites excluding steroid dienone is 7. The van der Waals surface area contributed by atoms with Crippen LogP contribution in [0.3, 0.4) is 0 Å². The lowest BCUT2D eigenvalue weighted by Crippen LogP contribution is -2.64. The van der Waals surface area contributed by atoms with Crippen LogP contribution in [0.1, 0.15) is 168 Å². The normalized spacial score (nSPS) is 25.0. The molecule has 0 amide bonds. The van der Waals surface area contributed by atoms with E-state index in [1.165, 1.54) is 57.8 Å². The second kappa shape index (κ2) is 35.1. The third-order valence-electron chi connectivity index (χ3n) is 11.3. The molecule has 10 atom stereocenters. The molecule has 1 aliphatic carbocycles. The molecule has 0 bridgehead atoms. The number of hydrogen-bond donors (Lipinski definition) is 7. The molecule has 0 aromatic rings. The maximum atomic E-state index is 13.0. The van der Waals surface area contributed by atoms with E-state index in [-0.39, 0.29) is 12.8 Å². The molecule has 1 aliphatic heterocycles. The smallest absolute Gasteiger partial charge is 0.462 e. The molecule has 1 saturated carbocycles. The molecule has 66 heavy (non-hydrogen) atoms. The largest absolute Gasteiger partial charge is 0.472 e. The minimum atomic E-state index is -5.37.